The van der Waals surface area contributed by atoms with Crippen LogP contribution in [-0.2, 0) is 10.0 Å². The minimum absolute atomic E-state index is 0.0246. The molecule has 2 rings (SSSR count). The van der Waals surface area contributed by atoms with E-state index in [1.165, 1.54) is 10.6 Å². The van der Waals surface area contributed by atoms with Crippen LogP contribution in [0.4, 0.5) is 0 Å². The monoisotopic (exact) mass is 344 g/mol. The molecule has 122 valence electrons. The van der Waals surface area contributed by atoms with E-state index in [-0.39, 0.29) is 11.9 Å². The van der Waals surface area contributed by atoms with Gasteiger partial charge >= 0.3 is 0 Å². The molecule has 1 fully saturated rings. The average molecular weight is 345 g/mol. The highest BCUT2D eigenvalue weighted by Crippen LogP contribution is 2.21. The summed E-state index contributed by atoms with van der Waals surface area (Å²) in [5.41, 5.74) is 0.571. The van der Waals surface area contributed by atoms with E-state index in [0.717, 1.165) is 0 Å². The topological polar surface area (TPSA) is 57.7 Å². The van der Waals surface area contributed by atoms with Gasteiger partial charge in [0.2, 0.25) is 10.0 Å². The first-order valence-electron chi connectivity index (χ1n) is 7.34. The first-order valence-corrected chi connectivity index (χ1v) is 9.57. The number of nitrogens with zero attached hydrogens (tertiary/aromatic N) is 2. The third-order valence-corrected chi connectivity index (χ3v) is 5.61. The van der Waals surface area contributed by atoms with E-state index >= 15 is 0 Å². The van der Waals surface area contributed by atoms with Crippen molar-refractivity contribution in [1.82, 2.24) is 9.21 Å². The predicted molar refractivity (Wildman–Crippen MR) is 87.6 cm³/mol. The standard InChI is InChI=1S/C15H21ClN2O3S/c1-3-18(22(2,20)21)14-7-9-17(10-8-14)15(19)12-5-4-6-13(16)11-12/h4-6,11,14H,3,7-10H2,1-2H3. The van der Waals surface area contributed by atoms with Crippen LogP contribution in [0.2, 0.25) is 5.02 Å². The molecule has 0 aliphatic carbocycles. The number of sulfonamides is 1. The highest BCUT2D eigenvalue weighted by Gasteiger charge is 2.30. The molecule has 22 heavy (non-hydrogen) atoms. The molecule has 0 radical (unpaired) electrons. The van der Waals surface area contributed by atoms with Crippen molar-refractivity contribution < 1.29 is 13.2 Å². The number of rotatable bonds is 4. The van der Waals surface area contributed by atoms with Crippen LogP contribution in [0.15, 0.2) is 24.3 Å². The fourth-order valence-corrected chi connectivity index (χ4v) is 4.34. The van der Waals surface area contributed by atoms with Gasteiger partial charge in [-0.3, -0.25) is 4.79 Å². The number of halogens is 1. The number of likely N-dealkylation sites (tertiary alicyclic amines) is 1. The fourth-order valence-electron chi connectivity index (χ4n) is 2.92. The van der Waals surface area contributed by atoms with Crippen LogP contribution in [0.5, 0.6) is 0 Å². The molecule has 0 N–H and O–H groups in total. The van der Waals surface area contributed by atoms with Crippen molar-refractivity contribution in [2.75, 3.05) is 25.9 Å². The van der Waals surface area contributed by atoms with Gasteiger partial charge in [-0.2, -0.15) is 4.31 Å². The van der Waals surface area contributed by atoms with Crippen LogP contribution < -0.4 is 0 Å². The largest absolute Gasteiger partial charge is 0.339 e. The second kappa shape index (κ2) is 6.98. The SMILES string of the molecule is CCN(C1CCN(C(=O)c2cccc(Cl)c2)CC1)S(C)(=O)=O. The molecule has 5 nitrogen and oxygen atoms in total. The lowest BCUT2D eigenvalue weighted by Gasteiger charge is -2.36. The van der Waals surface area contributed by atoms with E-state index in [9.17, 15) is 13.2 Å². The van der Waals surface area contributed by atoms with Gasteiger partial charge in [0, 0.05) is 36.3 Å². The van der Waals surface area contributed by atoms with Crippen LogP contribution in [0.1, 0.15) is 30.1 Å². The predicted octanol–water partition coefficient (Wildman–Crippen LogP) is 2.23. The number of carbonyl (C=O) groups excluding carboxylic acids is 1. The van der Waals surface area contributed by atoms with Gasteiger partial charge in [0.25, 0.3) is 5.91 Å². The van der Waals surface area contributed by atoms with Gasteiger partial charge in [0.05, 0.1) is 6.26 Å². The van der Waals surface area contributed by atoms with Gasteiger partial charge in [0.15, 0.2) is 0 Å². The van der Waals surface area contributed by atoms with Crippen molar-refractivity contribution >= 4 is 27.5 Å². The molecule has 1 amide bonds. The molecule has 1 heterocycles. The summed E-state index contributed by atoms with van der Waals surface area (Å²) >= 11 is 5.92. The summed E-state index contributed by atoms with van der Waals surface area (Å²) < 4.78 is 25.1. The second-order valence-corrected chi connectivity index (χ2v) is 7.87. The fraction of sp³-hybridized carbons (Fsp3) is 0.533. The van der Waals surface area contributed by atoms with Gasteiger partial charge in [-0.15, -0.1) is 0 Å². The maximum absolute atomic E-state index is 12.4. The zero-order valence-corrected chi connectivity index (χ0v) is 14.4. The van der Waals surface area contributed by atoms with E-state index in [0.29, 0.717) is 43.1 Å². The molecular formula is C15H21ClN2O3S. The summed E-state index contributed by atoms with van der Waals surface area (Å²) in [4.78, 5) is 14.2. The highest BCUT2D eigenvalue weighted by atomic mass is 35.5. The molecule has 0 atom stereocenters. The Morgan fingerprint density at radius 2 is 2.00 bits per heavy atom. The van der Waals surface area contributed by atoms with Crippen LogP contribution in [-0.4, -0.2) is 55.5 Å². The zero-order valence-electron chi connectivity index (χ0n) is 12.8. The molecule has 1 aliphatic heterocycles. The molecule has 7 heteroatoms. The first kappa shape index (κ1) is 17.2. The number of hydrogen-bond donors (Lipinski definition) is 0. The summed E-state index contributed by atoms with van der Waals surface area (Å²) in [5, 5.41) is 0.537. The maximum Gasteiger partial charge on any atom is 0.253 e. The molecule has 1 aromatic rings. The third-order valence-electron chi connectivity index (χ3n) is 3.97. The van der Waals surface area contributed by atoms with Crippen LogP contribution >= 0.6 is 11.6 Å². The highest BCUT2D eigenvalue weighted by molar-refractivity contribution is 7.88. The maximum atomic E-state index is 12.4. The Balaban J connectivity index is 2.01. The zero-order chi connectivity index (χ0) is 16.3. The van der Waals surface area contributed by atoms with Crippen molar-refractivity contribution in [3.05, 3.63) is 34.9 Å². The first-order chi connectivity index (χ1) is 10.3. The van der Waals surface area contributed by atoms with Crippen LogP contribution in [0.25, 0.3) is 0 Å². The Morgan fingerprint density at radius 1 is 1.36 bits per heavy atom. The van der Waals surface area contributed by atoms with E-state index in [4.69, 9.17) is 11.6 Å². The lowest BCUT2D eigenvalue weighted by atomic mass is 10.0. The van der Waals surface area contributed by atoms with Crippen molar-refractivity contribution in [3.63, 3.8) is 0 Å². The molecule has 0 saturated carbocycles. The number of carbonyl (C=O) groups is 1. The molecule has 1 aliphatic rings. The molecule has 0 spiro atoms. The van der Waals surface area contributed by atoms with Crippen LogP contribution in [0, 0.1) is 0 Å². The molecule has 0 bridgehead atoms. The van der Waals surface area contributed by atoms with Gasteiger partial charge < -0.3 is 4.90 Å². The van der Waals surface area contributed by atoms with Crippen molar-refractivity contribution in [1.29, 1.82) is 0 Å². The van der Waals surface area contributed by atoms with E-state index in [1.54, 1.807) is 29.2 Å². The van der Waals surface area contributed by atoms with Crippen molar-refractivity contribution in [3.8, 4) is 0 Å². The van der Waals surface area contributed by atoms with Gasteiger partial charge in [-0.1, -0.05) is 24.6 Å². The smallest absolute Gasteiger partial charge is 0.253 e. The van der Waals surface area contributed by atoms with E-state index in [1.807, 2.05) is 6.92 Å². The van der Waals surface area contributed by atoms with Gasteiger partial charge in [-0.25, -0.2) is 8.42 Å². The number of piperidine rings is 1. The lowest BCUT2D eigenvalue weighted by Crippen LogP contribution is -2.48. The second-order valence-electron chi connectivity index (χ2n) is 5.50. The number of hydrogen-bond acceptors (Lipinski definition) is 3. The Bertz CT molecular complexity index is 640. The Hall–Kier alpha value is -1.11. The number of amides is 1. The minimum atomic E-state index is -3.20. The summed E-state index contributed by atoms with van der Waals surface area (Å²) in [6, 6.07) is 6.86. The third kappa shape index (κ3) is 4.00. The molecule has 1 aromatic carbocycles. The summed E-state index contributed by atoms with van der Waals surface area (Å²) in [6.45, 7) is 3.42. The lowest BCUT2D eigenvalue weighted by molar-refractivity contribution is 0.0680. The summed E-state index contributed by atoms with van der Waals surface area (Å²) in [7, 11) is -3.20. The van der Waals surface area contributed by atoms with Gasteiger partial charge in [-0.05, 0) is 31.0 Å². The molecule has 1 saturated heterocycles. The molecular weight excluding hydrogens is 324 g/mol. The Kier molecular flexibility index (Phi) is 5.47. The molecule has 0 unspecified atom stereocenters. The van der Waals surface area contributed by atoms with E-state index in [2.05, 4.69) is 0 Å². The van der Waals surface area contributed by atoms with Gasteiger partial charge in [0.1, 0.15) is 0 Å². The quantitative estimate of drug-likeness (QED) is 0.841. The van der Waals surface area contributed by atoms with Crippen LogP contribution in [0.3, 0.4) is 0 Å². The Morgan fingerprint density at radius 3 is 2.50 bits per heavy atom. The minimum Gasteiger partial charge on any atom is -0.339 e. The summed E-state index contributed by atoms with van der Waals surface area (Å²) in [6.07, 6.45) is 2.56. The van der Waals surface area contributed by atoms with E-state index < -0.39 is 10.0 Å². The Labute approximate surface area is 136 Å². The van der Waals surface area contributed by atoms with Crippen molar-refractivity contribution in [2.45, 2.75) is 25.8 Å². The number of benzene rings is 1. The summed E-state index contributed by atoms with van der Waals surface area (Å²) in [5.74, 6) is -0.0524. The van der Waals surface area contributed by atoms with Crippen molar-refractivity contribution in [2.24, 2.45) is 0 Å². The normalized spacial score (nSPS) is 17.0. The molecule has 0 aromatic heterocycles. The average Bonchev–Trinajstić information content (AvgIpc) is 2.46.